The fourth-order valence-electron chi connectivity index (χ4n) is 3.41. The quantitative estimate of drug-likeness (QED) is 0.370. The van der Waals surface area contributed by atoms with E-state index in [1.165, 1.54) is 16.7 Å². The minimum absolute atomic E-state index is 0.0388. The molecule has 0 aliphatic rings. The van der Waals surface area contributed by atoms with Crippen LogP contribution in [0.4, 0.5) is 4.39 Å². The van der Waals surface area contributed by atoms with Gasteiger partial charge in [0, 0.05) is 29.6 Å². The Bertz CT molecular complexity index is 1400. The van der Waals surface area contributed by atoms with Crippen LogP contribution in [0.2, 0.25) is 5.02 Å². The highest BCUT2D eigenvalue weighted by atomic mass is 35.5. The van der Waals surface area contributed by atoms with Gasteiger partial charge in [-0.2, -0.15) is 0 Å². The maximum absolute atomic E-state index is 13.2. The largest absolute Gasteiger partial charge is 0.487 e. The summed E-state index contributed by atoms with van der Waals surface area (Å²) in [7, 11) is 0. The van der Waals surface area contributed by atoms with Crippen LogP contribution < -0.4 is 10.3 Å². The molecule has 0 spiro atoms. The molecule has 4 aromatic rings. The highest BCUT2D eigenvalue weighted by Gasteiger charge is 2.19. The fraction of sp³-hybridized carbons (Fsp3) is 0.231. The molecule has 3 aromatic heterocycles. The highest BCUT2D eigenvalue weighted by molar-refractivity contribution is 6.31. The van der Waals surface area contributed by atoms with Crippen molar-refractivity contribution in [3.05, 3.63) is 99.2 Å². The summed E-state index contributed by atoms with van der Waals surface area (Å²) in [6.45, 7) is 8.08. The van der Waals surface area contributed by atoms with Gasteiger partial charge in [-0.1, -0.05) is 44.5 Å². The van der Waals surface area contributed by atoms with Crippen LogP contribution in [0.25, 0.3) is 17.1 Å². The molecule has 0 aliphatic carbocycles. The Balaban J connectivity index is 1.67. The Morgan fingerprint density at radius 1 is 1.00 bits per heavy atom. The predicted octanol–water partition coefficient (Wildman–Crippen LogP) is 5.67. The number of hydrogen-bond acceptors (Lipinski definition) is 5. The number of benzene rings is 1. The van der Waals surface area contributed by atoms with E-state index in [-0.39, 0.29) is 28.6 Å². The smallest absolute Gasteiger partial charge is 0.277 e. The van der Waals surface area contributed by atoms with E-state index in [0.29, 0.717) is 28.6 Å². The van der Waals surface area contributed by atoms with Gasteiger partial charge in [0.2, 0.25) is 0 Å². The van der Waals surface area contributed by atoms with Crippen LogP contribution in [0.3, 0.4) is 0 Å². The molecule has 0 N–H and O–H groups in total. The van der Waals surface area contributed by atoms with Gasteiger partial charge >= 0.3 is 0 Å². The zero-order valence-electron chi connectivity index (χ0n) is 19.3. The second-order valence-electron chi connectivity index (χ2n) is 8.93. The summed E-state index contributed by atoms with van der Waals surface area (Å²) >= 11 is 6.38. The van der Waals surface area contributed by atoms with Crippen LogP contribution in [0.15, 0.2) is 65.7 Å². The molecule has 0 unspecified atom stereocenters. The third-order valence-corrected chi connectivity index (χ3v) is 5.55. The first-order chi connectivity index (χ1) is 16.1. The lowest BCUT2D eigenvalue weighted by Gasteiger charge is -2.17. The Labute approximate surface area is 202 Å². The van der Waals surface area contributed by atoms with Crippen molar-refractivity contribution in [3.8, 4) is 22.8 Å². The van der Waals surface area contributed by atoms with Gasteiger partial charge in [-0.25, -0.2) is 14.4 Å². The van der Waals surface area contributed by atoms with Crippen molar-refractivity contribution in [3.63, 3.8) is 0 Å². The standard InChI is InChI=1S/C26H24ClFN4O2/c1-16-13-22(34-15-17-5-7-18(28)8-6-17)23(27)24(33)32(16)19-9-11-29-21(14-19)20-10-12-30-25(31-20)26(2,3)4/h5-14H,15H2,1-4H3. The molecule has 34 heavy (non-hydrogen) atoms. The molecule has 0 bridgehead atoms. The van der Waals surface area contributed by atoms with E-state index in [0.717, 1.165) is 5.56 Å². The Hall–Kier alpha value is -3.58. The summed E-state index contributed by atoms with van der Waals surface area (Å²) in [6, 6.07) is 13.0. The summed E-state index contributed by atoms with van der Waals surface area (Å²) in [5.74, 6) is 0.648. The van der Waals surface area contributed by atoms with Crippen LogP contribution >= 0.6 is 11.6 Å². The average molecular weight is 479 g/mol. The van der Waals surface area contributed by atoms with Crippen LogP contribution in [0, 0.1) is 12.7 Å². The number of aromatic nitrogens is 4. The van der Waals surface area contributed by atoms with Gasteiger partial charge in [0.15, 0.2) is 0 Å². The monoisotopic (exact) mass is 478 g/mol. The van der Waals surface area contributed by atoms with Gasteiger partial charge < -0.3 is 4.74 Å². The van der Waals surface area contributed by atoms with E-state index in [1.54, 1.807) is 55.7 Å². The van der Waals surface area contributed by atoms with Crippen molar-refractivity contribution in [2.45, 2.75) is 39.7 Å². The zero-order valence-corrected chi connectivity index (χ0v) is 20.1. The van der Waals surface area contributed by atoms with Gasteiger partial charge in [0.05, 0.1) is 17.1 Å². The van der Waals surface area contributed by atoms with Crippen molar-refractivity contribution >= 4 is 11.6 Å². The molecule has 0 fully saturated rings. The molecule has 0 radical (unpaired) electrons. The van der Waals surface area contributed by atoms with E-state index in [1.807, 2.05) is 20.8 Å². The van der Waals surface area contributed by atoms with Crippen molar-refractivity contribution in [1.82, 2.24) is 19.5 Å². The van der Waals surface area contributed by atoms with Crippen LogP contribution in [-0.2, 0) is 12.0 Å². The van der Waals surface area contributed by atoms with Gasteiger partial charge in [0.1, 0.15) is 29.0 Å². The number of hydrogen-bond donors (Lipinski definition) is 0. The Morgan fingerprint density at radius 2 is 1.71 bits per heavy atom. The molecular formula is C26H24ClFN4O2. The summed E-state index contributed by atoms with van der Waals surface area (Å²) in [5.41, 5.74) is 2.67. The number of pyridine rings is 2. The maximum atomic E-state index is 13.2. The van der Waals surface area contributed by atoms with Gasteiger partial charge in [-0.05, 0) is 42.8 Å². The first kappa shape index (κ1) is 23.6. The number of ether oxygens (including phenoxy) is 1. The summed E-state index contributed by atoms with van der Waals surface area (Å²) < 4.78 is 20.4. The highest BCUT2D eigenvalue weighted by Crippen LogP contribution is 2.26. The molecule has 174 valence electrons. The Kier molecular flexibility index (Phi) is 6.48. The Morgan fingerprint density at radius 3 is 2.41 bits per heavy atom. The summed E-state index contributed by atoms with van der Waals surface area (Å²) in [6.07, 6.45) is 3.33. The lowest BCUT2D eigenvalue weighted by molar-refractivity contribution is 0.305. The summed E-state index contributed by atoms with van der Waals surface area (Å²) in [5, 5.41) is -0.0388. The van der Waals surface area contributed by atoms with Crippen molar-refractivity contribution in [2.75, 3.05) is 0 Å². The van der Waals surface area contributed by atoms with E-state index in [2.05, 4.69) is 15.0 Å². The van der Waals surface area contributed by atoms with Gasteiger partial charge in [0.25, 0.3) is 5.56 Å². The molecule has 3 heterocycles. The third-order valence-electron chi connectivity index (χ3n) is 5.20. The molecule has 1 aromatic carbocycles. The second kappa shape index (κ2) is 9.35. The molecular weight excluding hydrogens is 455 g/mol. The zero-order chi connectivity index (χ0) is 24.5. The van der Waals surface area contributed by atoms with E-state index >= 15 is 0 Å². The van der Waals surface area contributed by atoms with Crippen molar-refractivity contribution in [2.24, 2.45) is 0 Å². The number of aryl methyl sites for hydroxylation is 1. The van der Waals surface area contributed by atoms with Gasteiger partial charge in [-0.3, -0.25) is 14.3 Å². The average Bonchev–Trinajstić information content (AvgIpc) is 2.81. The van der Waals surface area contributed by atoms with Crippen LogP contribution in [-0.4, -0.2) is 19.5 Å². The van der Waals surface area contributed by atoms with Crippen molar-refractivity contribution < 1.29 is 9.13 Å². The fourth-order valence-corrected chi connectivity index (χ4v) is 3.60. The number of rotatable bonds is 5. The third kappa shape index (κ3) is 4.99. The predicted molar refractivity (Wildman–Crippen MR) is 130 cm³/mol. The molecule has 0 atom stereocenters. The lowest BCUT2D eigenvalue weighted by atomic mass is 9.95. The lowest BCUT2D eigenvalue weighted by Crippen LogP contribution is -2.22. The van der Waals surface area contributed by atoms with E-state index < -0.39 is 5.56 Å². The molecule has 0 amide bonds. The first-order valence-electron chi connectivity index (χ1n) is 10.7. The van der Waals surface area contributed by atoms with E-state index in [9.17, 15) is 9.18 Å². The molecule has 6 nitrogen and oxygen atoms in total. The summed E-state index contributed by atoms with van der Waals surface area (Å²) in [4.78, 5) is 26.6. The minimum Gasteiger partial charge on any atom is -0.487 e. The number of nitrogens with zero attached hydrogens (tertiary/aromatic N) is 4. The molecule has 4 rings (SSSR count). The number of halogens is 2. The SMILES string of the molecule is Cc1cc(OCc2ccc(F)cc2)c(Cl)c(=O)n1-c1ccnc(-c2ccnc(C(C)(C)C)n2)c1. The maximum Gasteiger partial charge on any atom is 0.277 e. The first-order valence-corrected chi connectivity index (χ1v) is 11.1. The topological polar surface area (TPSA) is 69.9 Å². The van der Waals surface area contributed by atoms with Gasteiger partial charge in [-0.15, -0.1) is 0 Å². The van der Waals surface area contributed by atoms with Crippen LogP contribution in [0.5, 0.6) is 5.75 Å². The molecule has 0 aliphatic heterocycles. The van der Waals surface area contributed by atoms with Crippen LogP contribution in [0.1, 0.15) is 37.9 Å². The normalized spacial score (nSPS) is 11.5. The molecule has 0 saturated carbocycles. The van der Waals surface area contributed by atoms with Crippen molar-refractivity contribution in [1.29, 1.82) is 0 Å². The van der Waals surface area contributed by atoms with E-state index in [4.69, 9.17) is 16.3 Å². The minimum atomic E-state index is -0.411. The second-order valence-corrected chi connectivity index (χ2v) is 9.31. The molecule has 0 saturated heterocycles. The molecule has 8 heteroatoms.